The van der Waals surface area contributed by atoms with Gasteiger partial charge in [0.2, 0.25) is 0 Å². The second kappa shape index (κ2) is 9.36. The van der Waals surface area contributed by atoms with Crippen molar-refractivity contribution in [2.75, 3.05) is 0 Å². The first-order valence-electron chi connectivity index (χ1n) is 0.428. The SMILES string of the molecule is O=[PH+]O.[Ru]. The van der Waals surface area contributed by atoms with Crippen LogP contribution in [0.3, 0.4) is 0 Å². The van der Waals surface area contributed by atoms with Crippen LogP contribution in [0.15, 0.2) is 0 Å². The molecule has 0 rings (SSSR count). The molecule has 0 aromatic rings. The summed E-state index contributed by atoms with van der Waals surface area (Å²) in [7, 11) is -1.17. The van der Waals surface area contributed by atoms with Gasteiger partial charge in [0.15, 0.2) is 0 Å². The Morgan fingerprint density at radius 1 is 1.75 bits per heavy atom. The summed E-state index contributed by atoms with van der Waals surface area (Å²) < 4.78 is 8.51. The minimum atomic E-state index is -1.17. The van der Waals surface area contributed by atoms with Crippen LogP contribution in [-0.4, -0.2) is 4.89 Å². The average molecular weight is 166 g/mol. The molecule has 0 heterocycles. The Morgan fingerprint density at radius 3 is 1.75 bits per heavy atom. The van der Waals surface area contributed by atoms with E-state index < -0.39 is 8.69 Å². The number of hydrogen-bond donors (Lipinski definition) is 1. The molecule has 0 aliphatic carbocycles. The summed E-state index contributed by atoms with van der Waals surface area (Å²) >= 11 is 0. The summed E-state index contributed by atoms with van der Waals surface area (Å²) in [6.07, 6.45) is 0. The topological polar surface area (TPSA) is 37.3 Å². The zero-order valence-corrected chi connectivity index (χ0v) is 4.45. The van der Waals surface area contributed by atoms with Crippen LogP contribution in [0.2, 0.25) is 0 Å². The zero-order valence-electron chi connectivity index (χ0n) is 1.71. The van der Waals surface area contributed by atoms with E-state index in [-0.39, 0.29) is 19.5 Å². The van der Waals surface area contributed by atoms with Crippen LogP contribution in [0.4, 0.5) is 0 Å². The fraction of sp³-hybridized carbons (Fsp3) is 0. The van der Waals surface area contributed by atoms with E-state index in [1.165, 1.54) is 0 Å². The van der Waals surface area contributed by atoms with E-state index in [0.717, 1.165) is 0 Å². The minimum Gasteiger partial charge on any atom is -0.162 e. The van der Waals surface area contributed by atoms with E-state index in [9.17, 15) is 0 Å². The molecule has 1 unspecified atom stereocenters. The normalized spacial score (nSPS) is 5.25. The first-order chi connectivity index (χ1) is 1.41. The summed E-state index contributed by atoms with van der Waals surface area (Å²) in [6.45, 7) is 0. The van der Waals surface area contributed by atoms with Crippen molar-refractivity contribution in [1.82, 2.24) is 0 Å². The Morgan fingerprint density at radius 2 is 1.75 bits per heavy atom. The zero-order chi connectivity index (χ0) is 2.71. The van der Waals surface area contributed by atoms with Crippen LogP contribution in [0.1, 0.15) is 0 Å². The molecule has 0 spiro atoms. The smallest absolute Gasteiger partial charge is 0.162 e. The maximum absolute atomic E-state index is 8.51. The third kappa shape index (κ3) is 16.3. The van der Waals surface area contributed by atoms with E-state index in [2.05, 4.69) is 0 Å². The van der Waals surface area contributed by atoms with E-state index in [1.807, 2.05) is 0 Å². The molecule has 0 aliphatic heterocycles. The summed E-state index contributed by atoms with van der Waals surface area (Å²) in [5.74, 6) is 0. The minimum absolute atomic E-state index is 0. The Balaban J connectivity index is 0. The molecule has 0 aliphatic rings. The molecule has 0 fully saturated rings. The molecule has 0 saturated carbocycles. The monoisotopic (exact) mass is 167 g/mol. The van der Waals surface area contributed by atoms with Gasteiger partial charge in [-0.15, -0.1) is 0 Å². The third-order valence-electron chi connectivity index (χ3n) is 0. The molecule has 4 heteroatoms. The predicted molar refractivity (Wildman–Crippen MR) is 11.2 cm³/mol. The maximum atomic E-state index is 8.51. The molecule has 2 nitrogen and oxygen atoms in total. The molecular weight excluding hydrogens is 164 g/mol. The first kappa shape index (κ1) is 8.82. The van der Waals surface area contributed by atoms with Gasteiger partial charge in [0.25, 0.3) is 0 Å². The fourth-order valence-electron chi connectivity index (χ4n) is 0. The van der Waals surface area contributed by atoms with Crippen LogP contribution in [0.25, 0.3) is 0 Å². The largest absolute Gasteiger partial charge is 0.491 e. The van der Waals surface area contributed by atoms with Gasteiger partial charge >= 0.3 is 8.69 Å². The number of hydrogen-bond acceptors (Lipinski definition) is 1. The second-order valence-corrected chi connectivity index (χ2v) is 0.274. The summed E-state index contributed by atoms with van der Waals surface area (Å²) in [5, 5.41) is 0. The van der Waals surface area contributed by atoms with Gasteiger partial charge in [-0.2, -0.15) is 4.89 Å². The third-order valence-corrected chi connectivity index (χ3v) is 0. The van der Waals surface area contributed by atoms with Crippen LogP contribution in [-0.2, 0) is 24.0 Å². The van der Waals surface area contributed by atoms with Gasteiger partial charge in [-0.3, -0.25) is 0 Å². The standard InChI is InChI=1S/HO2P.Ru/c1-3-2;/h3H;/p+1. The molecular formula is H2O2PRu+. The predicted octanol–water partition coefficient (Wildman–Crippen LogP) is -0.0848. The number of rotatable bonds is 0. The van der Waals surface area contributed by atoms with Gasteiger partial charge in [0, 0.05) is 19.5 Å². The molecule has 0 amide bonds. The summed E-state index contributed by atoms with van der Waals surface area (Å²) in [5.41, 5.74) is 0. The van der Waals surface area contributed by atoms with E-state index in [0.29, 0.717) is 0 Å². The van der Waals surface area contributed by atoms with Crippen molar-refractivity contribution in [2.24, 2.45) is 0 Å². The van der Waals surface area contributed by atoms with Crippen molar-refractivity contribution in [3.8, 4) is 0 Å². The molecule has 4 heavy (non-hydrogen) atoms. The van der Waals surface area contributed by atoms with E-state index >= 15 is 0 Å². The van der Waals surface area contributed by atoms with E-state index in [1.54, 1.807) is 0 Å². The van der Waals surface area contributed by atoms with Crippen LogP contribution in [0.5, 0.6) is 0 Å². The van der Waals surface area contributed by atoms with Crippen LogP contribution < -0.4 is 0 Å². The van der Waals surface area contributed by atoms with E-state index in [4.69, 9.17) is 9.46 Å². The molecule has 1 N–H and O–H groups in total. The summed E-state index contributed by atoms with van der Waals surface area (Å²) in [6, 6.07) is 0. The van der Waals surface area contributed by atoms with Gasteiger partial charge in [0.1, 0.15) is 0 Å². The van der Waals surface area contributed by atoms with Crippen molar-refractivity contribution >= 4 is 8.69 Å². The van der Waals surface area contributed by atoms with Gasteiger partial charge in [-0.25, -0.2) is 0 Å². The summed E-state index contributed by atoms with van der Waals surface area (Å²) in [4.78, 5) is 7.04. The van der Waals surface area contributed by atoms with Gasteiger partial charge in [-0.05, 0) is 4.57 Å². The molecule has 0 saturated heterocycles. The Bertz CT molecular complexity index is 13.5. The molecule has 0 aromatic heterocycles. The Labute approximate surface area is 38.3 Å². The maximum Gasteiger partial charge on any atom is 0.491 e. The second-order valence-electron chi connectivity index (χ2n) is 0.0913. The molecule has 1 atom stereocenters. The van der Waals surface area contributed by atoms with Crippen LogP contribution >= 0.6 is 8.69 Å². The van der Waals surface area contributed by atoms with Gasteiger partial charge in [-0.1, -0.05) is 0 Å². The Kier molecular flexibility index (Phi) is 20.6. The van der Waals surface area contributed by atoms with Crippen molar-refractivity contribution in [2.45, 2.75) is 0 Å². The average Bonchev–Trinajstić information content (AvgIpc) is 0.918. The molecule has 0 aromatic carbocycles. The molecule has 0 radical (unpaired) electrons. The fourth-order valence-corrected chi connectivity index (χ4v) is 0. The van der Waals surface area contributed by atoms with Crippen molar-refractivity contribution in [3.05, 3.63) is 0 Å². The van der Waals surface area contributed by atoms with Gasteiger partial charge in [0.05, 0.1) is 0 Å². The van der Waals surface area contributed by atoms with Crippen molar-refractivity contribution in [3.63, 3.8) is 0 Å². The van der Waals surface area contributed by atoms with Gasteiger partial charge < -0.3 is 0 Å². The molecule has 0 bridgehead atoms. The Hall–Kier alpha value is 0.683. The first-order valence-corrected chi connectivity index (χ1v) is 1.28. The van der Waals surface area contributed by atoms with Crippen molar-refractivity contribution in [1.29, 1.82) is 0 Å². The molecule has 26 valence electrons. The quantitative estimate of drug-likeness (QED) is 0.403. The van der Waals surface area contributed by atoms with Crippen molar-refractivity contribution < 1.29 is 28.9 Å². The van der Waals surface area contributed by atoms with Crippen LogP contribution in [0, 0.1) is 0 Å².